The first-order valence-corrected chi connectivity index (χ1v) is 11.1. The SMILES string of the molecule is O=S(=O)(O)OC[C@H]1O[C@@H](O)[C@H](O)[C@@H](OS(=O)(=O)O)[C@H]1O[C@@H]1O[C@H](CO)[C@H](O)[C@H](O)[C@H]1O. The third kappa shape index (κ3) is 6.93. The van der Waals surface area contributed by atoms with E-state index in [1.165, 1.54) is 0 Å². The second-order valence-electron chi connectivity index (χ2n) is 6.55. The van der Waals surface area contributed by atoms with Crippen molar-refractivity contribution < 1.29 is 79.2 Å². The fraction of sp³-hybridized carbons (Fsp3) is 1.00. The standard InChI is InChI=1S/C12H22O17S2/c13-1-3-5(14)6(15)7(16)12(27-3)28-9-4(2-25-30(19,20)21)26-11(18)8(17)10(9)29-31(22,23)24/h3-18H,1-2H2,(H,19,20,21)(H,22,23,24)/t3-,4-,5+,6+,7-,8-,9+,10-,11-,12+/m1/s1. The minimum atomic E-state index is -5.32. The van der Waals surface area contributed by atoms with Crippen molar-refractivity contribution in [2.24, 2.45) is 0 Å². The largest absolute Gasteiger partial charge is 0.397 e. The van der Waals surface area contributed by atoms with Gasteiger partial charge in [0.1, 0.15) is 48.8 Å². The molecule has 184 valence electrons. The highest BCUT2D eigenvalue weighted by Crippen LogP contribution is 2.31. The predicted octanol–water partition coefficient (Wildman–Crippen LogP) is -5.74. The zero-order valence-corrected chi connectivity index (χ0v) is 16.9. The van der Waals surface area contributed by atoms with Gasteiger partial charge in [-0.15, -0.1) is 0 Å². The van der Waals surface area contributed by atoms with Crippen molar-refractivity contribution in [3.05, 3.63) is 0 Å². The van der Waals surface area contributed by atoms with E-state index in [4.69, 9.17) is 23.3 Å². The highest BCUT2D eigenvalue weighted by atomic mass is 32.3. The molecule has 0 aliphatic carbocycles. The first-order valence-electron chi connectivity index (χ1n) is 8.39. The average molecular weight is 502 g/mol. The Morgan fingerprint density at radius 1 is 0.742 bits per heavy atom. The van der Waals surface area contributed by atoms with Gasteiger partial charge in [0.05, 0.1) is 13.2 Å². The fourth-order valence-electron chi connectivity index (χ4n) is 2.94. The van der Waals surface area contributed by atoms with Gasteiger partial charge in [0.15, 0.2) is 12.6 Å². The third-order valence-corrected chi connectivity index (χ3v) is 5.29. The topological polar surface area (TPSA) is 276 Å². The Morgan fingerprint density at radius 2 is 1.35 bits per heavy atom. The summed E-state index contributed by atoms with van der Waals surface area (Å²) in [6.45, 7) is -2.02. The summed E-state index contributed by atoms with van der Waals surface area (Å²) < 4.78 is 85.2. The molecule has 0 amide bonds. The van der Waals surface area contributed by atoms with E-state index in [-0.39, 0.29) is 0 Å². The second-order valence-corrected chi connectivity index (χ2v) is 8.69. The van der Waals surface area contributed by atoms with E-state index >= 15 is 0 Å². The summed E-state index contributed by atoms with van der Waals surface area (Å²) in [5.41, 5.74) is 0. The summed E-state index contributed by atoms with van der Waals surface area (Å²) in [5, 5.41) is 58.6. The van der Waals surface area contributed by atoms with E-state index in [0.717, 1.165) is 0 Å². The Labute approximate surface area is 175 Å². The van der Waals surface area contributed by atoms with Crippen LogP contribution < -0.4 is 0 Å². The van der Waals surface area contributed by atoms with Crippen LogP contribution in [0.4, 0.5) is 0 Å². The molecule has 0 radical (unpaired) electrons. The van der Waals surface area contributed by atoms with Crippen molar-refractivity contribution >= 4 is 20.8 Å². The maximum Gasteiger partial charge on any atom is 0.397 e. The van der Waals surface area contributed by atoms with Crippen LogP contribution in [0.15, 0.2) is 0 Å². The normalized spacial score (nSPS) is 42.5. The predicted molar refractivity (Wildman–Crippen MR) is 89.4 cm³/mol. The summed E-state index contributed by atoms with van der Waals surface area (Å²) in [4.78, 5) is 0. The van der Waals surface area contributed by atoms with E-state index in [2.05, 4.69) is 8.37 Å². The molecule has 0 spiro atoms. The van der Waals surface area contributed by atoms with Crippen LogP contribution in [0, 0.1) is 0 Å². The Morgan fingerprint density at radius 3 is 1.87 bits per heavy atom. The Balaban J connectivity index is 2.35. The first-order chi connectivity index (χ1) is 14.1. The molecule has 19 heteroatoms. The molecule has 17 nitrogen and oxygen atoms in total. The monoisotopic (exact) mass is 502 g/mol. The van der Waals surface area contributed by atoms with Crippen molar-refractivity contribution in [1.29, 1.82) is 0 Å². The lowest BCUT2D eigenvalue weighted by Gasteiger charge is -2.45. The van der Waals surface area contributed by atoms with Gasteiger partial charge in [0.2, 0.25) is 0 Å². The Bertz CT molecular complexity index is 798. The number of aliphatic hydroxyl groups excluding tert-OH is 6. The van der Waals surface area contributed by atoms with E-state index in [9.17, 15) is 47.5 Å². The summed E-state index contributed by atoms with van der Waals surface area (Å²) in [7, 11) is -10.4. The highest BCUT2D eigenvalue weighted by molar-refractivity contribution is 7.81. The first kappa shape index (κ1) is 26.6. The fourth-order valence-corrected chi connectivity index (χ4v) is 3.75. The van der Waals surface area contributed by atoms with Crippen LogP contribution in [0.3, 0.4) is 0 Å². The Kier molecular flexibility index (Phi) is 8.68. The molecule has 2 saturated heterocycles. The molecule has 0 aromatic rings. The van der Waals surface area contributed by atoms with Crippen molar-refractivity contribution in [2.45, 2.75) is 61.4 Å². The van der Waals surface area contributed by atoms with E-state index in [0.29, 0.717) is 0 Å². The van der Waals surface area contributed by atoms with Gasteiger partial charge < -0.3 is 44.8 Å². The van der Waals surface area contributed by atoms with Crippen molar-refractivity contribution in [3.63, 3.8) is 0 Å². The van der Waals surface area contributed by atoms with Crippen LogP contribution in [0.2, 0.25) is 0 Å². The highest BCUT2D eigenvalue weighted by Gasteiger charge is 2.52. The van der Waals surface area contributed by atoms with Crippen molar-refractivity contribution in [2.75, 3.05) is 13.2 Å². The van der Waals surface area contributed by atoms with Gasteiger partial charge >= 0.3 is 20.8 Å². The number of aliphatic hydroxyl groups is 6. The quantitative estimate of drug-likeness (QED) is 0.143. The van der Waals surface area contributed by atoms with Gasteiger partial charge in [-0.25, -0.2) is 8.37 Å². The van der Waals surface area contributed by atoms with Crippen LogP contribution in [0.1, 0.15) is 0 Å². The molecule has 0 unspecified atom stereocenters. The molecule has 0 bridgehead atoms. The number of hydrogen-bond donors (Lipinski definition) is 8. The molecule has 0 saturated carbocycles. The molecule has 2 heterocycles. The van der Waals surface area contributed by atoms with Crippen LogP contribution in [0.25, 0.3) is 0 Å². The molecular weight excluding hydrogens is 480 g/mol. The van der Waals surface area contributed by atoms with Crippen LogP contribution >= 0.6 is 0 Å². The minimum Gasteiger partial charge on any atom is -0.394 e. The van der Waals surface area contributed by atoms with Crippen molar-refractivity contribution in [1.82, 2.24) is 0 Å². The van der Waals surface area contributed by atoms with Gasteiger partial charge in [0, 0.05) is 0 Å². The van der Waals surface area contributed by atoms with Gasteiger partial charge in [-0.1, -0.05) is 0 Å². The molecule has 0 aromatic carbocycles. The van der Waals surface area contributed by atoms with Gasteiger partial charge in [-0.2, -0.15) is 16.8 Å². The smallest absolute Gasteiger partial charge is 0.394 e. The molecular formula is C12H22O17S2. The van der Waals surface area contributed by atoms with Crippen LogP contribution in [-0.2, 0) is 43.4 Å². The molecule has 2 aliphatic rings. The third-order valence-electron chi connectivity index (χ3n) is 4.39. The van der Waals surface area contributed by atoms with Crippen LogP contribution in [0.5, 0.6) is 0 Å². The number of rotatable bonds is 8. The van der Waals surface area contributed by atoms with Crippen molar-refractivity contribution in [3.8, 4) is 0 Å². The summed E-state index contributed by atoms with van der Waals surface area (Å²) in [5.74, 6) is 0. The van der Waals surface area contributed by atoms with Gasteiger partial charge in [-0.3, -0.25) is 9.11 Å². The summed E-state index contributed by atoms with van der Waals surface area (Å²) in [6.07, 6.45) is -19.7. The zero-order valence-electron chi connectivity index (χ0n) is 15.3. The molecule has 2 fully saturated rings. The van der Waals surface area contributed by atoms with Gasteiger partial charge in [0.25, 0.3) is 0 Å². The molecule has 0 aromatic heterocycles. The molecule has 8 N–H and O–H groups in total. The zero-order chi connectivity index (χ0) is 23.7. The Hall–Kier alpha value is -0.620. The molecule has 31 heavy (non-hydrogen) atoms. The van der Waals surface area contributed by atoms with Crippen LogP contribution in [-0.4, -0.2) is 131 Å². The lowest BCUT2D eigenvalue weighted by Crippen LogP contribution is -2.65. The number of ether oxygens (including phenoxy) is 3. The lowest BCUT2D eigenvalue weighted by molar-refractivity contribution is -0.352. The van der Waals surface area contributed by atoms with E-state index < -0.39 is 95.4 Å². The maximum atomic E-state index is 11.2. The lowest BCUT2D eigenvalue weighted by atomic mass is 9.97. The molecule has 2 rings (SSSR count). The van der Waals surface area contributed by atoms with Gasteiger partial charge in [-0.05, 0) is 0 Å². The second kappa shape index (κ2) is 10.1. The average Bonchev–Trinajstić information content (AvgIpc) is 2.64. The summed E-state index contributed by atoms with van der Waals surface area (Å²) in [6, 6.07) is 0. The van der Waals surface area contributed by atoms with E-state index in [1.807, 2.05) is 0 Å². The maximum absolute atomic E-state index is 11.2. The number of hydrogen-bond acceptors (Lipinski definition) is 15. The van der Waals surface area contributed by atoms with E-state index in [1.54, 1.807) is 0 Å². The molecule has 10 atom stereocenters. The minimum absolute atomic E-state index is 0.868. The summed E-state index contributed by atoms with van der Waals surface area (Å²) >= 11 is 0. The molecule has 2 aliphatic heterocycles.